The molecular formula is C15H18N2O2. The normalized spacial score (nSPS) is 26.1. The maximum atomic E-state index is 6.05. The fourth-order valence-corrected chi connectivity index (χ4v) is 2.50. The minimum atomic E-state index is -0.00284. The summed E-state index contributed by atoms with van der Waals surface area (Å²) in [5, 5.41) is 1.03. The Labute approximate surface area is 112 Å². The molecule has 0 bridgehead atoms. The summed E-state index contributed by atoms with van der Waals surface area (Å²) in [6, 6.07) is 9.93. The lowest BCUT2D eigenvalue weighted by Crippen LogP contribution is -2.59. The molecule has 1 heterocycles. The monoisotopic (exact) mass is 258 g/mol. The van der Waals surface area contributed by atoms with Crippen molar-refractivity contribution >= 4 is 10.9 Å². The van der Waals surface area contributed by atoms with Gasteiger partial charge >= 0.3 is 0 Å². The van der Waals surface area contributed by atoms with E-state index in [4.69, 9.17) is 15.2 Å². The lowest BCUT2D eigenvalue weighted by atomic mass is 9.86. The average molecular weight is 258 g/mol. The summed E-state index contributed by atoms with van der Waals surface area (Å²) in [6.45, 7) is 2.64. The molecule has 4 nitrogen and oxygen atoms in total. The third kappa shape index (κ3) is 2.29. The summed E-state index contributed by atoms with van der Waals surface area (Å²) < 4.78 is 11.7. The van der Waals surface area contributed by atoms with E-state index >= 15 is 0 Å². The first kappa shape index (κ1) is 12.4. The Kier molecular flexibility index (Phi) is 3.36. The molecule has 3 rings (SSSR count). The van der Waals surface area contributed by atoms with Crippen LogP contribution in [-0.2, 0) is 4.74 Å². The highest BCUT2D eigenvalue weighted by molar-refractivity contribution is 5.84. The van der Waals surface area contributed by atoms with Crippen LogP contribution in [-0.4, -0.2) is 29.8 Å². The topological polar surface area (TPSA) is 57.4 Å². The Morgan fingerprint density at radius 1 is 1.32 bits per heavy atom. The molecule has 1 saturated carbocycles. The maximum Gasteiger partial charge on any atom is 0.129 e. The number of rotatable bonds is 4. The van der Waals surface area contributed by atoms with Crippen LogP contribution in [0.15, 0.2) is 36.5 Å². The second-order valence-electron chi connectivity index (χ2n) is 4.80. The Bertz CT molecular complexity index is 568. The number of hydrogen-bond donors (Lipinski definition) is 1. The summed E-state index contributed by atoms with van der Waals surface area (Å²) in [6.07, 6.45) is 2.66. The van der Waals surface area contributed by atoms with Gasteiger partial charge in [0, 0.05) is 30.7 Å². The second-order valence-corrected chi connectivity index (χ2v) is 4.80. The van der Waals surface area contributed by atoms with Crippen molar-refractivity contribution in [3.63, 3.8) is 0 Å². The molecular weight excluding hydrogens is 240 g/mol. The van der Waals surface area contributed by atoms with Gasteiger partial charge in [-0.15, -0.1) is 0 Å². The molecule has 3 unspecified atom stereocenters. The molecule has 0 aliphatic heterocycles. The third-order valence-electron chi connectivity index (χ3n) is 3.54. The number of ether oxygens (including phenoxy) is 2. The van der Waals surface area contributed by atoms with Crippen LogP contribution in [0.25, 0.3) is 10.9 Å². The molecule has 1 aliphatic rings. The number of aromatic nitrogens is 1. The van der Waals surface area contributed by atoms with E-state index in [9.17, 15) is 0 Å². The minimum Gasteiger partial charge on any atom is -0.487 e. The minimum absolute atomic E-state index is 0.00284. The Hall–Kier alpha value is -1.65. The molecule has 2 aromatic rings. The first-order valence-electron chi connectivity index (χ1n) is 6.67. The summed E-state index contributed by atoms with van der Waals surface area (Å²) in [4.78, 5) is 4.33. The molecule has 4 heteroatoms. The van der Waals surface area contributed by atoms with Crippen molar-refractivity contribution in [2.45, 2.75) is 31.6 Å². The largest absolute Gasteiger partial charge is 0.487 e. The van der Waals surface area contributed by atoms with Crippen LogP contribution in [0.2, 0.25) is 0 Å². The van der Waals surface area contributed by atoms with Crippen LogP contribution in [0.3, 0.4) is 0 Å². The van der Waals surface area contributed by atoms with E-state index in [1.165, 1.54) is 0 Å². The molecule has 3 atom stereocenters. The molecule has 0 saturated heterocycles. The van der Waals surface area contributed by atoms with E-state index in [0.717, 1.165) is 23.1 Å². The summed E-state index contributed by atoms with van der Waals surface area (Å²) in [5.41, 5.74) is 6.89. The number of pyridine rings is 1. The van der Waals surface area contributed by atoms with Crippen molar-refractivity contribution in [3.8, 4) is 5.75 Å². The average Bonchev–Trinajstić information content (AvgIpc) is 2.45. The SMILES string of the molecule is CCOC1C(N)CC1Oc1cccc2ncccc12. The number of hydrogen-bond acceptors (Lipinski definition) is 4. The van der Waals surface area contributed by atoms with Crippen LogP contribution in [0, 0.1) is 0 Å². The molecule has 19 heavy (non-hydrogen) atoms. The van der Waals surface area contributed by atoms with Gasteiger partial charge in [0.2, 0.25) is 0 Å². The standard InChI is InChI=1S/C15H18N2O2/c1-2-18-15-11(16)9-14(15)19-13-7-3-6-12-10(13)5-4-8-17-12/h3-8,11,14-15H,2,9,16H2,1H3. The Balaban J connectivity index is 1.82. The van der Waals surface area contributed by atoms with Crippen LogP contribution in [0.5, 0.6) is 5.75 Å². The Morgan fingerprint density at radius 2 is 2.21 bits per heavy atom. The zero-order valence-electron chi connectivity index (χ0n) is 11.0. The van der Waals surface area contributed by atoms with Crippen molar-refractivity contribution in [2.75, 3.05) is 6.61 Å². The quantitative estimate of drug-likeness (QED) is 0.912. The van der Waals surface area contributed by atoms with Crippen LogP contribution < -0.4 is 10.5 Å². The van der Waals surface area contributed by atoms with Crippen molar-refractivity contribution in [3.05, 3.63) is 36.5 Å². The van der Waals surface area contributed by atoms with Gasteiger partial charge < -0.3 is 15.2 Å². The van der Waals surface area contributed by atoms with E-state index in [0.29, 0.717) is 6.61 Å². The zero-order chi connectivity index (χ0) is 13.2. The van der Waals surface area contributed by atoms with E-state index < -0.39 is 0 Å². The fraction of sp³-hybridized carbons (Fsp3) is 0.400. The van der Waals surface area contributed by atoms with Crippen LogP contribution in [0.1, 0.15) is 13.3 Å². The highest BCUT2D eigenvalue weighted by Gasteiger charge is 2.41. The molecule has 1 fully saturated rings. The molecule has 100 valence electrons. The molecule has 1 aliphatic carbocycles. The van der Waals surface area contributed by atoms with Crippen molar-refractivity contribution < 1.29 is 9.47 Å². The lowest BCUT2D eigenvalue weighted by Gasteiger charge is -2.41. The molecule has 1 aromatic carbocycles. The van der Waals surface area contributed by atoms with Gasteiger partial charge in [-0.3, -0.25) is 4.98 Å². The third-order valence-corrected chi connectivity index (χ3v) is 3.54. The number of benzene rings is 1. The smallest absolute Gasteiger partial charge is 0.129 e. The Morgan fingerprint density at radius 3 is 3.00 bits per heavy atom. The van der Waals surface area contributed by atoms with Crippen molar-refractivity contribution in [1.29, 1.82) is 0 Å². The van der Waals surface area contributed by atoms with E-state index in [-0.39, 0.29) is 18.2 Å². The first-order valence-corrected chi connectivity index (χ1v) is 6.67. The van der Waals surface area contributed by atoms with Crippen LogP contribution >= 0.6 is 0 Å². The van der Waals surface area contributed by atoms with Gasteiger partial charge in [0.25, 0.3) is 0 Å². The number of nitrogens with zero attached hydrogens (tertiary/aromatic N) is 1. The van der Waals surface area contributed by atoms with Gasteiger partial charge in [0.1, 0.15) is 18.0 Å². The summed E-state index contributed by atoms with van der Waals surface area (Å²) in [7, 11) is 0. The highest BCUT2D eigenvalue weighted by atomic mass is 16.5. The van der Waals surface area contributed by atoms with Gasteiger partial charge in [-0.2, -0.15) is 0 Å². The first-order chi connectivity index (χ1) is 9.29. The molecule has 2 N–H and O–H groups in total. The lowest BCUT2D eigenvalue weighted by molar-refractivity contribution is -0.0940. The van der Waals surface area contributed by atoms with Gasteiger partial charge in [-0.1, -0.05) is 6.07 Å². The van der Waals surface area contributed by atoms with Gasteiger partial charge in [-0.25, -0.2) is 0 Å². The van der Waals surface area contributed by atoms with Gasteiger partial charge in [-0.05, 0) is 31.2 Å². The van der Waals surface area contributed by atoms with Crippen molar-refractivity contribution in [2.24, 2.45) is 5.73 Å². The number of fused-ring (bicyclic) bond motifs is 1. The summed E-state index contributed by atoms with van der Waals surface area (Å²) in [5.74, 6) is 0.854. The van der Waals surface area contributed by atoms with E-state index in [2.05, 4.69) is 4.98 Å². The van der Waals surface area contributed by atoms with Gasteiger partial charge in [0.15, 0.2) is 0 Å². The second kappa shape index (κ2) is 5.15. The molecule has 0 radical (unpaired) electrons. The molecule has 0 amide bonds. The van der Waals surface area contributed by atoms with Crippen LogP contribution in [0.4, 0.5) is 0 Å². The van der Waals surface area contributed by atoms with Gasteiger partial charge in [0.05, 0.1) is 5.52 Å². The van der Waals surface area contributed by atoms with E-state index in [1.54, 1.807) is 6.20 Å². The predicted molar refractivity (Wildman–Crippen MR) is 74.2 cm³/mol. The number of nitrogens with two attached hydrogens (primary N) is 1. The fourth-order valence-electron chi connectivity index (χ4n) is 2.50. The van der Waals surface area contributed by atoms with Crippen molar-refractivity contribution in [1.82, 2.24) is 4.98 Å². The highest BCUT2D eigenvalue weighted by Crippen LogP contribution is 2.31. The predicted octanol–water partition coefficient (Wildman–Crippen LogP) is 2.12. The maximum absolute atomic E-state index is 6.05. The molecule has 1 aromatic heterocycles. The van der Waals surface area contributed by atoms with E-state index in [1.807, 2.05) is 37.3 Å². The zero-order valence-corrected chi connectivity index (χ0v) is 11.0. The summed E-state index contributed by atoms with van der Waals surface area (Å²) >= 11 is 0. The molecule has 0 spiro atoms.